The Labute approximate surface area is 173 Å². The van der Waals surface area contributed by atoms with Gasteiger partial charge in [0.05, 0.1) is 34.4 Å². The topological polar surface area (TPSA) is 74.9 Å². The quantitative estimate of drug-likeness (QED) is 0.522. The number of rotatable bonds is 3. The van der Waals surface area contributed by atoms with Gasteiger partial charge >= 0.3 is 0 Å². The Kier molecular flexibility index (Phi) is 4.56. The summed E-state index contributed by atoms with van der Waals surface area (Å²) in [6.07, 6.45) is 3.62. The van der Waals surface area contributed by atoms with Crippen LogP contribution in [0.2, 0.25) is 0 Å². The van der Waals surface area contributed by atoms with Crippen LogP contribution in [-0.2, 0) is 0 Å². The van der Waals surface area contributed by atoms with E-state index in [0.717, 1.165) is 10.8 Å². The van der Waals surface area contributed by atoms with Crippen LogP contribution in [0.25, 0.3) is 27.2 Å². The van der Waals surface area contributed by atoms with Crippen LogP contribution < -0.4 is 0 Å². The van der Waals surface area contributed by atoms with Crippen molar-refractivity contribution < 1.29 is 14.7 Å². The zero-order valence-electron chi connectivity index (χ0n) is 16.0. The number of phenolic OH excluding ortho intramolecular Hbond substituents is 1. The van der Waals surface area contributed by atoms with Crippen LogP contribution >= 0.6 is 12.4 Å². The summed E-state index contributed by atoms with van der Waals surface area (Å²) in [5.74, 6) is -0.884. The predicted octanol–water partition coefficient (Wildman–Crippen LogP) is 3.72. The molecule has 2 aromatic carbocycles. The van der Waals surface area contributed by atoms with Crippen molar-refractivity contribution in [2.24, 2.45) is 5.92 Å². The van der Waals surface area contributed by atoms with Gasteiger partial charge in [0, 0.05) is 23.0 Å². The van der Waals surface area contributed by atoms with Crippen LogP contribution in [0.15, 0.2) is 42.9 Å². The van der Waals surface area contributed by atoms with Crippen LogP contribution in [0.1, 0.15) is 27.1 Å². The summed E-state index contributed by atoms with van der Waals surface area (Å²) < 4.78 is 1.75. The second kappa shape index (κ2) is 6.83. The molecular weight excluding hydrogens is 390 g/mol. The number of phenols is 1. The number of carbonyl (C=O) groups is 2. The fourth-order valence-corrected chi connectivity index (χ4v) is 4.32. The second-order valence-electron chi connectivity index (χ2n) is 7.61. The molecule has 1 N–H and O–H groups in total. The molecule has 0 radical (unpaired) electrons. The number of hydrogen-bond donors (Lipinski definition) is 1. The molecule has 0 fully saturated rings. The van der Waals surface area contributed by atoms with E-state index in [1.54, 1.807) is 23.0 Å². The maximum atomic E-state index is 13.5. The summed E-state index contributed by atoms with van der Waals surface area (Å²) in [6, 6.07) is 9.13. The van der Waals surface area contributed by atoms with E-state index < -0.39 is 5.92 Å². The molecule has 2 heterocycles. The summed E-state index contributed by atoms with van der Waals surface area (Å²) in [5.41, 5.74) is 2.31. The van der Waals surface area contributed by atoms with Crippen molar-refractivity contribution in [1.29, 1.82) is 0 Å². The lowest BCUT2D eigenvalue weighted by Gasteiger charge is -2.22. The minimum absolute atomic E-state index is 0. The van der Waals surface area contributed by atoms with Crippen LogP contribution in [0.3, 0.4) is 0 Å². The van der Waals surface area contributed by atoms with Gasteiger partial charge in [-0.2, -0.15) is 0 Å². The summed E-state index contributed by atoms with van der Waals surface area (Å²) in [6.45, 7) is 0.647. The molecule has 2 aromatic heterocycles. The summed E-state index contributed by atoms with van der Waals surface area (Å²) in [5, 5.41) is 12.8. The molecule has 0 bridgehead atoms. The highest BCUT2D eigenvalue weighted by atomic mass is 35.5. The number of nitrogens with zero attached hydrogens (tertiary/aromatic N) is 3. The normalized spacial score (nSPS) is 16.2. The zero-order valence-corrected chi connectivity index (χ0v) is 16.9. The molecule has 1 atom stereocenters. The lowest BCUT2D eigenvalue weighted by atomic mass is 9.81. The summed E-state index contributed by atoms with van der Waals surface area (Å²) in [4.78, 5) is 32.8. The van der Waals surface area contributed by atoms with Crippen LogP contribution in [0.5, 0.6) is 5.75 Å². The third-order valence-corrected chi connectivity index (χ3v) is 5.64. The van der Waals surface area contributed by atoms with E-state index in [2.05, 4.69) is 4.98 Å². The Morgan fingerprint density at radius 3 is 2.59 bits per heavy atom. The fraction of sp³-hybridized carbons (Fsp3) is 0.227. The van der Waals surface area contributed by atoms with E-state index in [1.165, 1.54) is 0 Å². The molecule has 1 unspecified atom stereocenters. The first kappa shape index (κ1) is 19.4. The van der Waals surface area contributed by atoms with E-state index in [-0.39, 0.29) is 29.7 Å². The van der Waals surface area contributed by atoms with Crippen molar-refractivity contribution in [3.63, 3.8) is 0 Å². The molecule has 29 heavy (non-hydrogen) atoms. The van der Waals surface area contributed by atoms with Gasteiger partial charge in [-0.1, -0.05) is 24.3 Å². The number of halogens is 1. The summed E-state index contributed by atoms with van der Waals surface area (Å²) >= 11 is 0. The molecule has 1 aliphatic rings. The third kappa shape index (κ3) is 2.63. The molecule has 0 saturated carbocycles. The highest BCUT2D eigenvalue weighted by Crippen LogP contribution is 2.42. The maximum Gasteiger partial charge on any atom is 0.177 e. The Morgan fingerprint density at radius 1 is 1.14 bits per heavy atom. The number of aromatic hydroxyl groups is 1. The first-order chi connectivity index (χ1) is 13.5. The molecule has 0 amide bonds. The van der Waals surface area contributed by atoms with Crippen LogP contribution in [-0.4, -0.2) is 51.6 Å². The van der Waals surface area contributed by atoms with Gasteiger partial charge in [0.15, 0.2) is 11.6 Å². The lowest BCUT2D eigenvalue weighted by Crippen LogP contribution is -2.32. The van der Waals surface area contributed by atoms with E-state index in [0.29, 0.717) is 40.5 Å². The molecule has 1 aliphatic carbocycles. The van der Waals surface area contributed by atoms with Gasteiger partial charge in [-0.25, -0.2) is 4.98 Å². The minimum atomic E-state index is -0.707. The second-order valence-corrected chi connectivity index (χ2v) is 7.61. The molecule has 7 heteroatoms. The number of benzene rings is 2. The predicted molar refractivity (Wildman–Crippen MR) is 114 cm³/mol. The average molecular weight is 410 g/mol. The SMILES string of the molecule is CN(C)CCC1C(=O)c2cncn3c2c(c2c4ccccc4c(O)cc23)C1=O.Cl. The van der Waals surface area contributed by atoms with Crippen molar-refractivity contribution >= 4 is 51.2 Å². The van der Waals surface area contributed by atoms with Gasteiger partial charge in [0.25, 0.3) is 0 Å². The van der Waals surface area contributed by atoms with Gasteiger partial charge < -0.3 is 10.0 Å². The molecule has 148 valence electrons. The minimum Gasteiger partial charge on any atom is -0.507 e. The largest absolute Gasteiger partial charge is 0.507 e. The van der Waals surface area contributed by atoms with Crippen molar-refractivity contribution in [2.45, 2.75) is 6.42 Å². The van der Waals surface area contributed by atoms with Gasteiger partial charge in [-0.15, -0.1) is 12.4 Å². The van der Waals surface area contributed by atoms with E-state index in [9.17, 15) is 14.7 Å². The molecule has 5 rings (SSSR count). The Bertz CT molecular complexity index is 1310. The van der Waals surface area contributed by atoms with Gasteiger partial charge in [-0.05, 0) is 32.4 Å². The summed E-state index contributed by atoms with van der Waals surface area (Å²) in [7, 11) is 3.85. The standard InChI is InChI=1S/C22H19N3O3.ClH/c1-24(2)8-7-14-21(27)15-10-23-11-25-16-9-17(26)12-5-3-4-6-13(12)18(16)19(20(15)25)22(14)28;/h3-6,9-11,14,26H,7-8H2,1-2H3;1H. The third-order valence-electron chi connectivity index (χ3n) is 5.64. The molecule has 0 saturated heterocycles. The molecule has 6 nitrogen and oxygen atoms in total. The Hall–Kier alpha value is -2.96. The van der Waals surface area contributed by atoms with Gasteiger partial charge in [0.2, 0.25) is 0 Å². The lowest BCUT2D eigenvalue weighted by molar-refractivity contribution is 0.0788. The highest BCUT2D eigenvalue weighted by Gasteiger charge is 2.39. The first-order valence-electron chi connectivity index (χ1n) is 9.24. The van der Waals surface area contributed by atoms with Crippen molar-refractivity contribution in [2.75, 3.05) is 20.6 Å². The maximum absolute atomic E-state index is 13.5. The first-order valence-corrected chi connectivity index (χ1v) is 9.24. The number of carbonyl (C=O) groups excluding carboxylic acids is 2. The Balaban J connectivity index is 0.00000205. The van der Waals surface area contributed by atoms with Crippen LogP contribution in [0, 0.1) is 5.92 Å². The molecule has 0 aliphatic heterocycles. The van der Waals surface area contributed by atoms with E-state index >= 15 is 0 Å². The fourth-order valence-electron chi connectivity index (χ4n) is 4.32. The number of fused-ring (bicyclic) bond motifs is 5. The van der Waals surface area contributed by atoms with Gasteiger partial charge in [0.1, 0.15) is 5.75 Å². The zero-order chi connectivity index (χ0) is 19.6. The molecule has 4 aromatic rings. The smallest absolute Gasteiger partial charge is 0.177 e. The van der Waals surface area contributed by atoms with Crippen molar-refractivity contribution in [3.8, 4) is 5.75 Å². The van der Waals surface area contributed by atoms with Crippen molar-refractivity contribution in [1.82, 2.24) is 14.3 Å². The highest BCUT2D eigenvalue weighted by molar-refractivity contribution is 6.33. The molecule has 0 spiro atoms. The molecular formula is C22H20ClN3O3. The Morgan fingerprint density at radius 2 is 1.86 bits per heavy atom. The number of ketones is 2. The average Bonchev–Trinajstić information content (AvgIpc) is 3.02. The van der Waals surface area contributed by atoms with Crippen molar-refractivity contribution in [3.05, 3.63) is 54.0 Å². The van der Waals surface area contributed by atoms with Crippen LogP contribution in [0.4, 0.5) is 0 Å². The monoisotopic (exact) mass is 409 g/mol. The van der Waals surface area contributed by atoms with E-state index in [1.807, 2.05) is 43.3 Å². The van der Waals surface area contributed by atoms with E-state index in [4.69, 9.17) is 0 Å². The number of Topliss-reactive ketones (excluding diaryl/α,β-unsaturated/α-hetero) is 2. The van der Waals surface area contributed by atoms with Gasteiger partial charge in [-0.3, -0.25) is 14.0 Å². The number of aromatic nitrogens is 2. The number of hydrogen-bond acceptors (Lipinski definition) is 5.